The molecule has 8 nitrogen and oxygen atoms in total. The van der Waals surface area contributed by atoms with Crippen LogP contribution in [0.1, 0.15) is 22.5 Å². The Bertz CT molecular complexity index is 1780. The van der Waals surface area contributed by atoms with E-state index in [1.807, 2.05) is 17.6 Å². The molecular formula is C29H19Cl2F3N4O4. The maximum Gasteiger partial charge on any atom is 0.416 e. The van der Waals surface area contributed by atoms with Crippen LogP contribution in [0.15, 0.2) is 72.3 Å². The number of halogens is 5. The molecule has 0 bridgehead atoms. The number of rotatable bonds is 7. The van der Waals surface area contributed by atoms with Crippen LogP contribution in [-0.2, 0) is 11.0 Å². The second kappa shape index (κ2) is 12.0. The Morgan fingerprint density at radius 3 is 2.38 bits per heavy atom. The van der Waals surface area contributed by atoms with E-state index in [4.69, 9.17) is 27.9 Å². The maximum atomic E-state index is 13.0. The molecule has 0 fully saturated rings. The summed E-state index contributed by atoms with van der Waals surface area (Å²) in [5.41, 5.74) is 0.813. The first-order valence-electron chi connectivity index (χ1n) is 12.0. The van der Waals surface area contributed by atoms with E-state index in [1.54, 1.807) is 31.2 Å². The van der Waals surface area contributed by atoms with Gasteiger partial charge in [-0.3, -0.25) is 14.9 Å². The second-order valence-electron chi connectivity index (χ2n) is 8.94. The van der Waals surface area contributed by atoms with Gasteiger partial charge in [0.05, 0.1) is 21.2 Å². The molecule has 214 valence electrons. The van der Waals surface area contributed by atoms with Crippen molar-refractivity contribution in [2.75, 3.05) is 5.32 Å². The molecule has 0 radical (unpaired) electrons. The average Bonchev–Trinajstić information content (AvgIpc) is 3.21. The van der Waals surface area contributed by atoms with E-state index in [-0.39, 0.29) is 27.8 Å². The Labute approximate surface area is 247 Å². The van der Waals surface area contributed by atoms with Gasteiger partial charge in [-0.25, -0.2) is 0 Å². The number of hydrogen-bond acceptors (Lipinski definition) is 5. The number of hydrogen-bond donors (Lipinski definition) is 1. The number of carbonyl (C=O) groups excluding carboxylic acids is 1. The van der Waals surface area contributed by atoms with Gasteiger partial charge in [-0.15, -0.1) is 0 Å². The number of nitrogens with zero attached hydrogens (tertiary/aromatic N) is 3. The molecule has 0 saturated carbocycles. The standard InChI is InChI=1S/C29H19Cl2F3N4O4/c1-16-11-18(12-19(15-35)28(39)36-25-14-21(30)4-9-24(25)31)17(2)37(16)22-5-7-23(8-6-22)42-27-10-3-20(29(32,33)34)13-26(27)38(40)41/h3-14H,1-2H3,(H,36,39)/b19-12-. The lowest BCUT2D eigenvalue weighted by Crippen LogP contribution is -2.13. The molecule has 0 atom stereocenters. The van der Waals surface area contributed by atoms with E-state index in [0.717, 1.165) is 11.8 Å². The summed E-state index contributed by atoms with van der Waals surface area (Å²) in [6.07, 6.45) is -3.30. The summed E-state index contributed by atoms with van der Waals surface area (Å²) < 4.78 is 46.4. The molecule has 1 amide bonds. The summed E-state index contributed by atoms with van der Waals surface area (Å²) in [6, 6.07) is 16.6. The molecule has 0 unspecified atom stereocenters. The number of nitro groups is 1. The molecule has 0 aliphatic heterocycles. The highest BCUT2D eigenvalue weighted by Gasteiger charge is 2.33. The molecule has 1 N–H and O–H groups in total. The van der Waals surface area contributed by atoms with Crippen LogP contribution >= 0.6 is 23.2 Å². The van der Waals surface area contributed by atoms with Gasteiger partial charge in [0, 0.05) is 28.2 Å². The molecule has 4 aromatic rings. The Morgan fingerprint density at radius 2 is 1.76 bits per heavy atom. The van der Waals surface area contributed by atoms with Crippen molar-refractivity contribution in [3.05, 3.63) is 115 Å². The Morgan fingerprint density at radius 1 is 1.07 bits per heavy atom. The first-order valence-corrected chi connectivity index (χ1v) is 12.7. The van der Waals surface area contributed by atoms with Crippen LogP contribution in [0.2, 0.25) is 10.0 Å². The van der Waals surface area contributed by atoms with E-state index in [0.29, 0.717) is 34.1 Å². The summed E-state index contributed by atoms with van der Waals surface area (Å²) in [5, 5.41) is 24.2. The number of nitriles is 1. The number of aryl methyl sites for hydroxylation is 1. The van der Waals surface area contributed by atoms with Crippen LogP contribution in [0.25, 0.3) is 11.8 Å². The van der Waals surface area contributed by atoms with Crippen molar-refractivity contribution in [3.63, 3.8) is 0 Å². The number of anilines is 1. The van der Waals surface area contributed by atoms with E-state index in [9.17, 15) is 33.3 Å². The number of nitro benzene ring substituents is 1. The van der Waals surface area contributed by atoms with Crippen molar-refractivity contribution in [1.82, 2.24) is 4.57 Å². The van der Waals surface area contributed by atoms with Gasteiger partial charge >= 0.3 is 11.9 Å². The Hall–Kier alpha value is -4.79. The number of aromatic nitrogens is 1. The molecule has 0 saturated heterocycles. The van der Waals surface area contributed by atoms with Crippen molar-refractivity contribution in [2.24, 2.45) is 0 Å². The highest BCUT2D eigenvalue weighted by Crippen LogP contribution is 2.38. The molecule has 42 heavy (non-hydrogen) atoms. The zero-order chi connectivity index (χ0) is 30.8. The smallest absolute Gasteiger partial charge is 0.416 e. The third-order valence-electron chi connectivity index (χ3n) is 6.12. The lowest BCUT2D eigenvalue weighted by atomic mass is 10.1. The summed E-state index contributed by atoms with van der Waals surface area (Å²) in [6.45, 7) is 3.60. The second-order valence-corrected chi connectivity index (χ2v) is 9.79. The number of alkyl halides is 3. The zero-order valence-corrected chi connectivity index (χ0v) is 23.3. The van der Waals surface area contributed by atoms with Gasteiger partial charge in [0.15, 0.2) is 0 Å². The number of benzene rings is 3. The monoisotopic (exact) mass is 614 g/mol. The zero-order valence-electron chi connectivity index (χ0n) is 21.8. The first-order chi connectivity index (χ1) is 19.8. The van der Waals surface area contributed by atoms with Gasteiger partial charge in [-0.2, -0.15) is 18.4 Å². The van der Waals surface area contributed by atoms with E-state index < -0.39 is 28.3 Å². The lowest BCUT2D eigenvalue weighted by molar-refractivity contribution is -0.385. The fourth-order valence-electron chi connectivity index (χ4n) is 4.13. The van der Waals surface area contributed by atoms with Crippen LogP contribution in [0.3, 0.4) is 0 Å². The van der Waals surface area contributed by atoms with Crippen LogP contribution in [0, 0.1) is 35.3 Å². The van der Waals surface area contributed by atoms with Gasteiger partial charge in [0.1, 0.15) is 17.4 Å². The van der Waals surface area contributed by atoms with Crippen LogP contribution in [-0.4, -0.2) is 15.4 Å². The SMILES string of the molecule is Cc1cc(/C=C(/C#N)C(=O)Nc2cc(Cl)ccc2Cl)c(C)n1-c1ccc(Oc2ccc(C(F)(F)F)cc2[N+](=O)[O-])cc1. The van der Waals surface area contributed by atoms with Crippen LogP contribution < -0.4 is 10.1 Å². The number of ether oxygens (including phenoxy) is 1. The molecule has 4 rings (SSSR count). The van der Waals surface area contributed by atoms with E-state index in [2.05, 4.69) is 5.32 Å². The minimum Gasteiger partial charge on any atom is -0.450 e. The maximum absolute atomic E-state index is 13.0. The highest BCUT2D eigenvalue weighted by molar-refractivity contribution is 6.36. The fourth-order valence-corrected chi connectivity index (χ4v) is 4.47. The minimum atomic E-state index is -4.74. The Kier molecular flexibility index (Phi) is 8.61. The third-order valence-corrected chi connectivity index (χ3v) is 6.68. The Balaban J connectivity index is 1.58. The summed E-state index contributed by atoms with van der Waals surface area (Å²) in [4.78, 5) is 23.2. The molecule has 1 aromatic heterocycles. The average molecular weight is 615 g/mol. The highest BCUT2D eigenvalue weighted by atomic mass is 35.5. The molecular weight excluding hydrogens is 596 g/mol. The number of carbonyl (C=O) groups is 1. The molecule has 1 heterocycles. The molecule has 13 heteroatoms. The van der Waals surface area contributed by atoms with Crippen molar-refractivity contribution < 1.29 is 27.6 Å². The summed E-state index contributed by atoms with van der Waals surface area (Å²) >= 11 is 12.1. The minimum absolute atomic E-state index is 0.160. The first kappa shape index (κ1) is 30.2. The van der Waals surface area contributed by atoms with Crippen molar-refractivity contribution >= 4 is 46.6 Å². The molecule has 0 aliphatic carbocycles. The molecule has 0 spiro atoms. The normalized spacial score (nSPS) is 11.6. The topological polar surface area (TPSA) is 110 Å². The van der Waals surface area contributed by atoms with Gasteiger partial charge in [0.2, 0.25) is 5.75 Å². The quantitative estimate of drug-likeness (QED) is 0.0968. The summed E-state index contributed by atoms with van der Waals surface area (Å²) in [5.74, 6) is -0.861. The largest absolute Gasteiger partial charge is 0.450 e. The van der Waals surface area contributed by atoms with Crippen molar-refractivity contribution in [2.45, 2.75) is 20.0 Å². The molecule has 0 aliphatic rings. The fraction of sp³-hybridized carbons (Fsp3) is 0.103. The number of amides is 1. The van der Waals surface area contributed by atoms with Crippen LogP contribution in [0.5, 0.6) is 11.5 Å². The van der Waals surface area contributed by atoms with Gasteiger partial charge in [-0.1, -0.05) is 23.2 Å². The van der Waals surface area contributed by atoms with Gasteiger partial charge in [0.25, 0.3) is 5.91 Å². The van der Waals surface area contributed by atoms with E-state index in [1.165, 1.54) is 30.3 Å². The van der Waals surface area contributed by atoms with Crippen molar-refractivity contribution in [1.29, 1.82) is 5.26 Å². The predicted octanol–water partition coefficient (Wildman–Crippen LogP) is 8.67. The molecule has 3 aromatic carbocycles. The summed E-state index contributed by atoms with van der Waals surface area (Å²) in [7, 11) is 0. The van der Waals surface area contributed by atoms with Crippen molar-refractivity contribution in [3.8, 4) is 23.3 Å². The van der Waals surface area contributed by atoms with Crippen LogP contribution in [0.4, 0.5) is 24.5 Å². The number of nitrogens with one attached hydrogen (secondary N) is 1. The van der Waals surface area contributed by atoms with Gasteiger partial charge in [-0.05, 0) is 86.2 Å². The predicted molar refractivity (Wildman–Crippen MR) is 152 cm³/mol. The van der Waals surface area contributed by atoms with E-state index >= 15 is 0 Å². The van der Waals surface area contributed by atoms with Gasteiger partial charge < -0.3 is 14.6 Å². The lowest BCUT2D eigenvalue weighted by Gasteiger charge is -2.12. The third kappa shape index (κ3) is 6.57.